The van der Waals surface area contributed by atoms with Gasteiger partial charge in [0.25, 0.3) is 0 Å². The molecule has 0 saturated carbocycles. The molecule has 0 spiro atoms. The van der Waals surface area contributed by atoms with E-state index in [1.807, 2.05) is 6.07 Å². The van der Waals surface area contributed by atoms with Crippen molar-refractivity contribution in [3.63, 3.8) is 0 Å². The predicted molar refractivity (Wildman–Crippen MR) is 84.1 cm³/mol. The van der Waals surface area contributed by atoms with Gasteiger partial charge in [-0.2, -0.15) is 0 Å². The summed E-state index contributed by atoms with van der Waals surface area (Å²) in [6.45, 7) is 0.864. The summed E-state index contributed by atoms with van der Waals surface area (Å²) in [5.74, 6) is 0. The number of hydrogen-bond donors (Lipinski definition) is 3. The quantitative estimate of drug-likeness (QED) is 0.638. The van der Waals surface area contributed by atoms with Crippen LogP contribution in [0.2, 0.25) is 10.0 Å². The second-order valence-corrected chi connectivity index (χ2v) is 5.43. The van der Waals surface area contributed by atoms with Gasteiger partial charge in [0.15, 0.2) is 0 Å². The lowest BCUT2D eigenvalue weighted by molar-refractivity contribution is 0.0660. The highest BCUT2D eigenvalue weighted by Gasteiger charge is 2.06. The van der Waals surface area contributed by atoms with Gasteiger partial charge < -0.3 is 20.5 Å². The van der Waals surface area contributed by atoms with Crippen LogP contribution in [0.15, 0.2) is 18.2 Å². The van der Waals surface area contributed by atoms with Crippen molar-refractivity contribution in [2.75, 3.05) is 26.8 Å². The summed E-state index contributed by atoms with van der Waals surface area (Å²) in [5.41, 5.74) is 0.999. The fraction of sp³-hybridized carbons (Fsp3) is 0.500. The van der Waals surface area contributed by atoms with Gasteiger partial charge in [0, 0.05) is 30.2 Å². The summed E-state index contributed by atoms with van der Waals surface area (Å²) >= 11 is 11.9. The Bertz CT molecular complexity index is 458. The van der Waals surface area contributed by atoms with E-state index in [4.69, 9.17) is 27.9 Å². The molecule has 118 valence electrons. The zero-order chi connectivity index (χ0) is 15.7. The number of amides is 2. The molecular formula is C14H20Cl2N2O3. The van der Waals surface area contributed by atoms with Crippen LogP contribution >= 0.6 is 23.2 Å². The summed E-state index contributed by atoms with van der Waals surface area (Å²) in [6.07, 6.45) is 0.812. The maximum atomic E-state index is 11.5. The Kier molecular flexibility index (Phi) is 8.45. The highest BCUT2D eigenvalue weighted by molar-refractivity contribution is 6.35. The van der Waals surface area contributed by atoms with Crippen LogP contribution < -0.4 is 10.6 Å². The van der Waals surface area contributed by atoms with Crippen molar-refractivity contribution in [3.05, 3.63) is 33.8 Å². The Hall–Kier alpha value is -1.01. The summed E-state index contributed by atoms with van der Waals surface area (Å²) in [6, 6.07) is 5.06. The van der Waals surface area contributed by atoms with Crippen LogP contribution in [0.1, 0.15) is 12.0 Å². The fourth-order valence-electron chi connectivity index (χ4n) is 1.73. The zero-order valence-electron chi connectivity index (χ0n) is 11.9. The first-order chi connectivity index (χ1) is 10.0. The van der Waals surface area contributed by atoms with Gasteiger partial charge in [0.1, 0.15) is 0 Å². The highest BCUT2D eigenvalue weighted by atomic mass is 35.5. The number of halogens is 2. The van der Waals surface area contributed by atoms with E-state index in [2.05, 4.69) is 10.6 Å². The average molecular weight is 335 g/mol. The molecule has 0 heterocycles. The summed E-state index contributed by atoms with van der Waals surface area (Å²) in [5, 5.41) is 15.9. The van der Waals surface area contributed by atoms with Crippen LogP contribution in [0.5, 0.6) is 0 Å². The van der Waals surface area contributed by atoms with Gasteiger partial charge >= 0.3 is 6.03 Å². The summed E-state index contributed by atoms with van der Waals surface area (Å²) in [4.78, 5) is 11.5. The number of rotatable bonds is 8. The lowest BCUT2D eigenvalue weighted by atomic mass is 10.1. The largest absolute Gasteiger partial charge is 0.389 e. The third-order valence-corrected chi connectivity index (χ3v) is 3.37. The molecule has 0 bridgehead atoms. The molecule has 0 aliphatic carbocycles. The predicted octanol–water partition coefficient (Wildman–Crippen LogP) is 2.23. The molecular weight excluding hydrogens is 315 g/mol. The lowest BCUT2D eigenvalue weighted by Gasteiger charge is -2.11. The van der Waals surface area contributed by atoms with E-state index in [-0.39, 0.29) is 19.2 Å². The molecule has 0 aromatic heterocycles. The maximum Gasteiger partial charge on any atom is 0.314 e. The van der Waals surface area contributed by atoms with Gasteiger partial charge in [-0.15, -0.1) is 0 Å². The van der Waals surface area contributed by atoms with Crippen molar-refractivity contribution >= 4 is 29.2 Å². The number of aryl methyl sites for hydroxylation is 1. The fourth-order valence-corrected chi connectivity index (χ4v) is 2.23. The van der Waals surface area contributed by atoms with Crippen LogP contribution in [0.4, 0.5) is 4.79 Å². The second kappa shape index (κ2) is 9.84. The van der Waals surface area contributed by atoms with Crippen LogP contribution in [0.25, 0.3) is 0 Å². The molecule has 2 amide bonds. The molecule has 3 N–H and O–H groups in total. The number of nitrogens with one attached hydrogen (secondary N) is 2. The van der Waals surface area contributed by atoms with Gasteiger partial charge in [0.2, 0.25) is 0 Å². The molecule has 1 aromatic carbocycles. The molecule has 0 saturated heterocycles. The normalized spacial score (nSPS) is 12.0. The van der Waals surface area contributed by atoms with E-state index >= 15 is 0 Å². The number of hydrogen-bond acceptors (Lipinski definition) is 3. The number of carbonyl (C=O) groups is 1. The van der Waals surface area contributed by atoms with Crippen molar-refractivity contribution in [2.24, 2.45) is 0 Å². The zero-order valence-corrected chi connectivity index (χ0v) is 13.4. The van der Waals surface area contributed by atoms with Crippen LogP contribution in [-0.2, 0) is 11.2 Å². The van der Waals surface area contributed by atoms with Crippen LogP contribution in [-0.4, -0.2) is 44.0 Å². The van der Waals surface area contributed by atoms with E-state index in [9.17, 15) is 9.90 Å². The van der Waals surface area contributed by atoms with Crippen LogP contribution in [0, 0.1) is 0 Å². The Morgan fingerprint density at radius 3 is 2.81 bits per heavy atom. The van der Waals surface area contributed by atoms with Gasteiger partial charge in [-0.05, 0) is 30.5 Å². The molecule has 1 rings (SSSR count). The third kappa shape index (κ3) is 7.52. The van der Waals surface area contributed by atoms with E-state index < -0.39 is 6.10 Å². The van der Waals surface area contributed by atoms with Crippen LogP contribution in [0.3, 0.4) is 0 Å². The topological polar surface area (TPSA) is 70.6 Å². The van der Waals surface area contributed by atoms with Gasteiger partial charge in [-0.25, -0.2) is 4.79 Å². The van der Waals surface area contributed by atoms with Crippen molar-refractivity contribution in [3.8, 4) is 0 Å². The summed E-state index contributed by atoms with van der Waals surface area (Å²) in [7, 11) is 1.49. The number of urea groups is 1. The van der Waals surface area contributed by atoms with Crippen molar-refractivity contribution in [1.82, 2.24) is 10.6 Å². The molecule has 1 unspecified atom stereocenters. The smallest absolute Gasteiger partial charge is 0.314 e. The number of methoxy groups -OCH3 is 1. The van der Waals surface area contributed by atoms with E-state index in [1.165, 1.54) is 7.11 Å². The maximum absolute atomic E-state index is 11.5. The third-order valence-electron chi connectivity index (χ3n) is 2.78. The van der Waals surface area contributed by atoms with E-state index in [1.54, 1.807) is 12.1 Å². The average Bonchev–Trinajstić information content (AvgIpc) is 2.43. The highest BCUT2D eigenvalue weighted by Crippen LogP contribution is 2.21. The first-order valence-electron chi connectivity index (χ1n) is 6.65. The molecule has 7 heteroatoms. The molecule has 1 atom stereocenters. The first kappa shape index (κ1) is 18.0. The lowest BCUT2D eigenvalue weighted by Crippen LogP contribution is -2.41. The minimum absolute atomic E-state index is 0.155. The first-order valence-corrected chi connectivity index (χ1v) is 7.41. The molecule has 0 fully saturated rings. The molecule has 21 heavy (non-hydrogen) atoms. The molecule has 0 aliphatic rings. The minimum atomic E-state index is -0.700. The van der Waals surface area contributed by atoms with Crippen molar-refractivity contribution in [1.29, 1.82) is 0 Å². The number of ether oxygens (including phenoxy) is 1. The summed E-state index contributed by atoms with van der Waals surface area (Å²) < 4.78 is 4.76. The monoisotopic (exact) mass is 334 g/mol. The Labute approximate surface area is 134 Å². The number of carbonyl (C=O) groups excluding carboxylic acids is 1. The number of aliphatic hydroxyl groups excluding tert-OH is 1. The van der Waals surface area contributed by atoms with Gasteiger partial charge in [0.05, 0.1) is 12.7 Å². The van der Waals surface area contributed by atoms with E-state index in [0.717, 1.165) is 18.4 Å². The second-order valence-electron chi connectivity index (χ2n) is 4.59. The SMILES string of the molecule is COCC(O)CNC(=O)NCCCc1ccc(Cl)cc1Cl. The molecule has 0 aliphatic heterocycles. The van der Waals surface area contributed by atoms with E-state index in [0.29, 0.717) is 16.6 Å². The standard InChI is InChI=1S/C14H20Cl2N2O3/c1-21-9-12(19)8-18-14(20)17-6-2-3-10-4-5-11(15)7-13(10)16/h4-5,7,12,19H,2-3,6,8-9H2,1H3,(H2,17,18,20). The Balaban J connectivity index is 2.17. The van der Waals surface area contributed by atoms with Crippen molar-refractivity contribution < 1.29 is 14.6 Å². The Morgan fingerprint density at radius 1 is 1.38 bits per heavy atom. The number of benzene rings is 1. The molecule has 5 nitrogen and oxygen atoms in total. The van der Waals surface area contributed by atoms with Gasteiger partial charge in [-0.3, -0.25) is 0 Å². The Morgan fingerprint density at radius 2 is 2.14 bits per heavy atom. The number of aliphatic hydroxyl groups is 1. The van der Waals surface area contributed by atoms with Gasteiger partial charge in [-0.1, -0.05) is 29.3 Å². The molecule has 0 radical (unpaired) electrons. The molecule has 1 aromatic rings. The van der Waals surface area contributed by atoms with Crippen molar-refractivity contribution in [2.45, 2.75) is 18.9 Å². The minimum Gasteiger partial charge on any atom is -0.389 e.